The topological polar surface area (TPSA) is 107 Å². The van der Waals surface area contributed by atoms with Gasteiger partial charge < -0.3 is 15.7 Å². The number of carbonyl (C=O) groups is 2. The zero-order valence-corrected chi connectivity index (χ0v) is 10.8. The van der Waals surface area contributed by atoms with Crippen LogP contribution >= 0.6 is 0 Å². The van der Waals surface area contributed by atoms with Crippen molar-refractivity contribution in [2.75, 3.05) is 6.54 Å². The van der Waals surface area contributed by atoms with Crippen LogP contribution in [0.4, 0.5) is 4.79 Å². The second-order valence-electron chi connectivity index (χ2n) is 5.00. The number of aromatic nitrogens is 2. The summed E-state index contributed by atoms with van der Waals surface area (Å²) in [5, 5.41) is 21.1. The second-order valence-corrected chi connectivity index (χ2v) is 5.00. The largest absolute Gasteiger partial charge is 0.481 e. The number of nitrogens with zero attached hydrogens (tertiary/aromatic N) is 1. The highest BCUT2D eigenvalue weighted by atomic mass is 16.4. The summed E-state index contributed by atoms with van der Waals surface area (Å²) < 4.78 is 0. The van der Waals surface area contributed by atoms with Crippen molar-refractivity contribution in [3.8, 4) is 0 Å². The highest BCUT2D eigenvalue weighted by Gasteiger charge is 2.44. The van der Waals surface area contributed by atoms with Gasteiger partial charge in [0.05, 0.1) is 11.6 Å². The summed E-state index contributed by atoms with van der Waals surface area (Å²) in [6.45, 7) is 2.42. The van der Waals surface area contributed by atoms with Crippen LogP contribution in [-0.2, 0) is 11.3 Å². The van der Waals surface area contributed by atoms with Crippen LogP contribution < -0.4 is 10.6 Å². The number of H-pyrrole nitrogens is 1. The molecule has 0 bridgehead atoms. The highest BCUT2D eigenvalue weighted by Crippen LogP contribution is 2.40. The molecule has 7 heteroatoms. The zero-order valence-electron chi connectivity index (χ0n) is 10.8. The van der Waals surface area contributed by atoms with E-state index in [-0.39, 0.29) is 12.6 Å². The van der Waals surface area contributed by atoms with Crippen LogP contribution in [0.2, 0.25) is 0 Å². The van der Waals surface area contributed by atoms with Gasteiger partial charge in [-0.05, 0) is 19.8 Å². The Kier molecular flexibility index (Phi) is 3.73. The van der Waals surface area contributed by atoms with Gasteiger partial charge in [-0.1, -0.05) is 6.42 Å². The van der Waals surface area contributed by atoms with Crippen LogP contribution in [-0.4, -0.2) is 33.8 Å². The summed E-state index contributed by atoms with van der Waals surface area (Å²) in [5.74, 6) is -0.829. The normalized spacial score (nSPS) is 16.5. The molecule has 104 valence electrons. The van der Waals surface area contributed by atoms with Crippen molar-refractivity contribution in [1.29, 1.82) is 0 Å². The first-order valence-electron chi connectivity index (χ1n) is 6.27. The molecule has 0 aromatic carbocycles. The van der Waals surface area contributed by atoms with E-state index in [4.69, 9.17) is 5.11 Å². The predicted octanol–water partition coefficient (Wildman–Crippen LogP) is 0.772. The maximum absolute atomic E-state index is 11.6. The number of carbonyl (C=O) groups excluding carboxylic acids is 1. The molecule has 7 nitrogen and oxygen atoms in total. The van der Waals surface area contributed by atoms with Gasteiger partial charge in [0.25, 0.3) is 0 Å². The summed E-state index contributed by atoms with van der Waals surface area (Å²) in [6, 6.07) is -0.354. The fourth-order valence-corrected chi connectivity index (χ4v) is 2.11. The number of aliphatic carboxylic acids is 1. The van der Waals surface area contributed by atoms with Crippen molar-refractivity contribution in [1.82, 2.24) is 20.8 Å². The first-order chi connectivity index (χ1) is 9.03. The highest BCUT2D eigenvalue weighted by molar-refractivity contribution is 5.78. The van der Waals surface area contributed by atoms with Gasteiger partial charge in [-0.2, -0.15) is 5.10 Å². The standard InChI is InChI=1S/C12H18N4O3/c1-8-9(6-15-16-8)5-13-11(19)14-7-12(10(17)18)3-2-4-12/h6H,2-5,7H2,1H3,(H,15,16)(H,17,18)(H2,13,14,19). The van der Waals surface area contributed by atoms with Gasteiger partial charge in [-0.3, -0.25) is 9.89 Å². The van der Waals surface area contributed by atoms with Crippen LogP contribution in [0.3, 0.4) is 0 Å². The van der Waals surface area contributed by atoms with E-state index >= 15 is 0 Å². The molecule has 0 unspecified atom stereocenters. The molecule has 0 spiro atoms. The van der Waals surface area contributed by atoms with E-state index in [9.17, 15) is 9.59 Å². The number of rotatable bonds is 5. The molecule has 1 aliphatic rings. The summed E-state index contributed by atoms with van der Waals surface area (Å²) in [5.41, 5.74) is 1.05. The molecule has 0 atom stereocenters. The van der Waals surface area contributed by atoms with Crippen molar-refractivity contribution in [2.45, 2.75) is 32.7 Å². The SMILES string of the molecule is Cc1[nH]ncc1CNC(=O)NCC1(C(=O)O)CCC1. The van der Waals surface area contributed by atoms with E-state index in [2.05, 4.69) is 20.8 Å². The predicted molar refractivity (Wildman–Crippen MR) is 67.5 cm³/mol. The van der Waals surface area contributed by atoms with Crippen molar-refractivity contribution in [3.63, 3.8) is 0 Å². The van der Waals surface area contributed by atoms with Gasteiger partial charge in [0.2, 0.25) is 0 Å². The molecule has 1 heterocycles. The third-order valence-corrected chi connectivity index (χ3v) is 3.73. The lowest BCUT2D eigenvalue weighted by molar-refractivity contribution is -0.153. The van der Waals surface area contributed by atoms with E-state index < -0.39 is 11.4 Å². The van der Waals surface area contributed by atoms with Crippen molar-refractivity contribution >= 4 is 12.0 Å². The maximum Gasteiger partial charge on any atom is 0.315 e. The lowest BCUT2D eigenvalue weighted by atomic mass is 9.69. The number of carboxylic acids is 1. The number of urea groups is 1. The van der Waals surface area contributed by atoms with Gasteiger partial charge >= 0.3 is 12.0 Å². The zero-order chi connectivity index (χ0) is 13.9. The molecular weight excluding hydrogens is 248 g/mol. The number of aryl methyl sites for hydroxylation is 1. The number of hydrogen-bond acceptors (Lipinski definition) is 3. The Morgan fingerprint density at radius 3 is 2.68 bits per heavy atom. The molecule has 1 aliphatic carbocycles. The first kappa shape index (κ1) is 13.4. The van der Waals surface area contributed by atoms with E-state index in [1.54, 1.807) is 6.20 Å². The summed E-state index contributed by atoms with van der Waals surface area (Å²) >= 11 is 0. The lowest BCUT2D eigenvalue weighted by Gasteiger charge is -2.37. The van der Waals surface area contributed by atoms with Crippen LogP contribution in [0.15, 0.2) is 6.20 Å². The maximum atomic E-state index is 11.6. The van der Waals surface area contributed by atoms with Gasteiger partial charge in [-0.15, -0.1) is 0 Å². The smallest absolute Gasteiger partial charge is 0.315 e. The minimum atomic E-state index is -0.829. The molecule has 2 rings (SSSR count). The van der Waals surface area contributed by atoms with E-state index in [1.807, 2.05) is 6.92 Å². The third kappa shape index (κ3) is 2.86. The lowest BCUT2D eigenvalue weighted by Crippen LogP contribution is -2.49. The molecule has 1 fully saturated rings. The molecule has 1 aromatic rings. The molecule has 1 saturated carbocycles. The first-order valence-corrected chi connectivity index (χ1v) is 6.27. The van der Waals surface area contributed by atoms with Gasteiger partial charge in [0, 0.05) is 24.3 Å². The summed E-state index contributed by atoms with van der Waals surface area (Å²) in [4.78, 5) is 22.7. The fourth-order valence-electron chi connectivity index (χ4n) is 2.11. The van der Waals surface area contributed by atoms with Crippen molar-refractivity contribution in [2.24, 2.45) is 5.41 Å². The average molecular weight is 266 g/mol. The Morgan fingerprint density at radius 2 is 2.21 bits per heavy atom. The van der Waals surface area contributed by atoms with Crippen LogP contribution in [0.5, 0.6) is 0 Å². The minimum Gasteiger partial charge on any atom is -0.481 e. The van der Waals surface area contributed by atoms with Crippen LogP contribution in [0, 0.1) is 12.3 Å². The van der Waals surface area contributed by atoms with E-state index in [1.165, 1.54) is 0 Å². The second kappa shape index (κ2) is 5.29. The number of carboxylic acid groups (broad SMARTS) is 1. The minimum absolute atomic E-state index is 0.179. The number of nitrogens with one attached hydrogen (secondary N) is 3. The number of hydrogen-bond donors (Lipinski definition) is 4. The fraction of sp³-hybridized carbons (Fsp3) is 0.583. The molecule has 0 radical (unpaired) electrons. The molecule has 0 aliphatic heterocycles. The van der Waals surface area contributed by atoms with Crippen molar-refractivity contribution in [3.05, 3.63) is 17.5 Å². The Morgan fingerprint density at radius 1 is 1.47 bits per heavy atom. The van der Waals surface area contributed by atoms with Gasteiger partial charge in [-0.25, -0.2) is 4.79 Å². The average Bonchev–Trinajstić information content (AvgIpc) is 2.70. The van der Waals surface area contributed by atoms with Gasteiger partial charge in [0.15, 0.2) is 0 Å². The molecule has 2 amide bonds. The quantitative estimate of drug-likeness (QED) is 0.631. The number of amides is 2. The third-order valence-electron chi connectivity index (χ3n) is 3.73. The molecular formula is C12H18N4O3. The van der Waals surface area contributed by atoms with E-state index in [0.717, 1.165) is 17.7 Å². The van der Waals surface area contributed by atoms with Gasteiger partial charge in [0.1, 0.15) is 0 Å². The monoisotopic (exact) mass is 266 g/mol. The molecule has 1 aromatic heterocycles. The Labute approximate surface area is 110 Å². The number of aromatic amines is 1. The summed E-state index contributed by atoms with van der Waals surface area (Å²) in [6.07, 6.45) is 3.82. The molecule has 4 N–H and O–H groups in total. The van der Waals surface area contributed by atoms with Crippen LogP contribution in [0.25, 0.3) is 0 Å². The van der Waals surface area contributed by atoms with E-state index in [0.29, 0.717) is 19.4 Å². The Bertz CT molecular complexity index is 479. The Hall–Kier alpha value is -2.05. The Balaban J connectivity index is 1.76. The molecule has 19 heavy (non-hydrogen) atoms. The van der Waals surface area contributed by atoms with Crippen LogP contribution in [0.1, 0.15) is 30.5 Å². The van der Waals surface area contributed by atoms with Crippen molar-refractivity contribution < 1.29 is 14.7 Å². The molecule has 0 saturated heterocycles. The summed E-state index contributed by atoms with van der Waals surface area (Å²) in [7, 11) is 0.